The van der Waals surface area contributed by atoms with Crippen LogP contribution in [0.25, 0.3) is 0 Å². The molecule has 0 amide bonds. The normalized spacial score (nSPS) is 10.8. The van der Waals surface area contributed by atoms with E-state index in [1.165, 1.54) is 0 Å². The van der Waals surface area contributed by atoms with E-state index in [2.05, 4.69) is 11.8 Å². The number of hydrogen-bond acceptors (Lipinski definition) is 4. The van der Waals surface area contributed by atoms with Crippen LogP contribution in [0.3, 0.4) is 0 Å². The summed E-state index contributed by atoms with van der Waals surface area (Å²) < 4.78 is 11.2. The molecule has 0 unspecified atom stereocenters. The van der Waals surface area contributed by atoms with Crippen molar-refractivity contribution in [3.63, 3.8) is 0 Å². The Kier molecular flexibility index (Phi) is 5.78. The number of hydrogen-bond donors (Lipinski definition) is 1. The molecule has 0 aliphatic rings. The van der Waals surface area contributed by atoms with Gasteiger partial charge in [0.25, 0.3) is 0 Å². The number of rotatable bonds is 8. The fourth-order valence-electron chi connectivity index (χ4n) is 2.05. The average Bonchev–Trinajstić information content (AvgIpc) is 2.99. The van der Waals surface area contributed by atoms with Crippen molar-refractivity contribution < 1.29 is 9.15 Å². The number of nitrogens with two attached hydrogens (primary N) is 1. The van der Waals surface area contributed by atoms with Gasteiger partial charge in [0, 0.05) is 6.54 Å². The number of thiocarbonyl (C=S) groups is 1. The van der Waals surface area contributed by atoms with Gasteiger partial charge in [0.05, 0.1) is 18.4 Å². The molecule has 4 nitrogen and oxygen atoms in total. The summed E-state index contributed by atoms with van der Waals surface area (Å²) >= 11 is 5.03. The minimum atomic E-state index is 0.355. The van der Waals surface area contributed by atoms with E-state index < -0.39 is 0 Å². The van der Waals surface area contributed by atoms with Crippen molar-refractivity contribution in [3.05, 3.63) is 54.0 Å². The van der Waals surface area contributed by atoms with Gasteiger partial charge in [-0.2, -0.15) is 0 Å². The van der Waals surface area contributed by atoms with E-state index in [9.17, 15) is 0 Å². The van der Waals surface area contributed by atoms with E-state index in [0.29, 0.717) is 11.6 Å². The Morgan fingerprint density at radius 2 is 2.10 bits per heavy atom. The molecule has 0 spiro atoms. The topological polar surface area (TPSA) is 51.6 Å². The minimum Gasteiger partial charge on any atom is -0.492 e. The predicted octanol–water partition coefficient (Wildman–Crippen LogP) is 2.81. The number of nitrogens with zero attached hydrogens (tertiary/aromatic N) is 1. The number of likely N-dealkylation sites (N-methyl/N-ethyl adjacent to an activating group) is 1. The molecule has 1 heterocycles. The molecule has 2 aromatic rings. The third-order valence-corrected chi connectivity index (χ3v) is 3.44. The van der Waals surface area contributed by atoms with Gasteiger partial charge in [-0.1, -0.05) is 31.3 Å². The first-order chi connectivity index (χ1) is 10.2. The van der Waals surface area contributed by atoms with Crippen LogP contribution >= 0.6 is 12.2 Å². The maximum Gasteiger partial charge on any atom is 0.129 e. The van der Waals surface area contributed by atoms with Crippen LogP contribution in [0.2, 0.25) is 0 Å². The summed E-state index contributed by atoms with van der Waals surface area (Å²) in [6.07, 6.45) is 1.69. The highest BCUT2D eigenvalue weighted by molar-refractivity contribution is 7.80. The molecule has 0 bridgehead atoms. The summed E-state index contributed by atoms with van der Waals surface area (Å²) in [7, 11) is 0. The van der Waals surface area contributed by atoms with Crippen molar-refractivity contribution in [2.45, 2.75) is 13.5 Å². The number of ether oxygens (including phenoxy) is 1. The first-order valence-corrected chi connectivity index (χ1v) is 7.38. The molecular weight excluding hydrogens is 284 g/mol. The summed E-state index contributed by atoms with van der Waals surface area (Å²) in [6.45, 7) is 5.22. The fraction of sp³-hybridized carbons (Fsp3) is 0.312. The molecular formula is C16H20N2O2S. The molecule has 2 N–H and O–H groups in total. The molecule has 5 heteroatoms. The average molecular weight is 304 g/mol. The van der Waals surface area contributed by atoms with Gasteiger partial charge >= 0.3 is 0 Å². The molecule has 0 fully saturated rings. The largest absolute Gasteiger partial charge is 0.492 e. The lowest BCUT2D eigenvalue weighted by atomic mass is 10.2. The summed E-state index contributed by atoms with van der Waals surface area (Å²) in [5.41, 5.74) is 6.47. The lowest BCUT2D eigenvalue weighted by Gasteiger charge is -2.19. The second-order valence-electron chi connectivity index (χ2n) is 4.66. The Labute approximate surface area is 130 Å². The van der Waals surface area contributed by atoms with Gasteiger partial charge in [-0.3, -0.25) is 4.90 Å². The maximum absolute atomic E-state index is 5.81. The zero-order valence-electron chi connectivity index (χ0n) is 12.1. The quantitative estimate of drug-likeness (QED) is 0.760. The Balaban J connectivity index is 1.87. The molecule has 0 aliphatic carbocycles. The molecule has 0 saturated carbocycles. The number of furan rings is 1. The number of para-hydroxylation sites is 1. The highest BCUT2D eigenvalue weighted by Crippen LogP contribution is 2.17. The maximum atomic E-state index is 5.81. The Morgan fingerprint density at radius 1 is 1.29 bits per heavy atom. The zero-order valence-corrected chi connectivity index (χ0v) is 12.9. The van der Waals surface area contributed by atoms with E-state index in [4.69, 9.17) is 27.1 Å². The Bertz CT molecular complexity index is 569. The molecule has 0 atom stereocenters. The van der Waals surface area contributed by atoms with Crippen molar-refractivity contribution in [2.24, 2.45) is 5.73 Å². The van der Waals surface area contributed by atoms with E-state index in [1.54, 1.807) is 6.26 Å². The lowest BCUT2D eigenvalue weighted by molar-refractivity contribution is 0.199. The van der Waals surface area contributed by atoms with Crippen LogP contribution in [-0.2, 0) is 6.54 Å². The molecule has 21 heavy (non-hydrogen) atoms. The van der Waals surface area contributed by atoms with Crippen molar-refractivity contribution in [1.82, 2.24) is 4.90 Å². The molecule has 1 aromatic heterocycles. The van der Waals surface area contributed by atoms with Gasteiger partial charge in [-0.05, 0) is 30.8 Å². The van der Waals surface area contributed by atoms with E-state index in [0.717, 1.165) is 36.7 Å². The fourth-order valence-corrected chi connectivity index (χ4v) is 2.22. The van der Waals surface area contributed by atoms with Crippen LogP contribution in [0.5, 0.6) is 5.75 Å². The third-order valence-electron chi connectivity index (χ3n) is 3.22. The molecule has 0 saturated heterocycles. The van der Waals surface area contributed by atoms with Crippen molar-refractivity contribution in [3.8, 4) is 5.75 Å². The summed E-state index contributed by atoms with van der Waals surface area (Å²) in [6, 6.07) is 11.5. The lowest BCUT2D eigenvalue weighted by Crippen LogP contribution is -2.28. The minimum absolute atomic E-state index is 0.355. The first kappa shape index (κ1) is 15.5. The van der Waals surface area contributed by atoms with E-state index >= 15 is 0 Å². The Hall–Kier alpha value is -1.85. The van der Waals surface area contributed by atoms with Crippen LogP contribution in [0.15, 0.2) is 47.1 Å². The van der Waals surface area contributed by atoms with E-state index in [-0.39, 0.29) is 0 Å². The molecule has 0 aliphatic heterocycles. The van der Waals surface area contributed by atoms with Crippen LogP contribution in [-0.4, -0.2) is 29.6 Å². The smallest absolute Gasteiger partial charge is 0.129 e. The van der Waals surface area contributed by atoms with Gasteiger partial charge in [0.2, 0.25) is 0 Å². The van der Waals surface area contributed by atoms with Crippen LogP contribution < -0.4 is 10.5 Å². The van der Waals surface area contributed by atoms with Crippen molar-refractivity contribution in [1.29, 1.82) is 0 Å². The van der Waals surface area contributed by atoms with Gasteiger partial charge in [0.1, 0.15) is 23.1 Å². The van der Waals surface area contributed by atoms with Crippen molar-refractivity contribution >= 4 is 17.2 Å². The standard InChI is InChI=1S/C16H20N2O2S/c1-2-18(12-13-6-5-10-19-13)9-11-20-15-8-4-3-7-14(15)16(17)21/h3-8,10H,2,9,11-12H2,1H3,(H2,17,21). The van der Waals surface area contributed by atoms with Crippen LogP contribution in [0.1, 0.15) is 18.2 Å². The molecule has 0 radical (unpaired) electrons. The SMILES string of the molecule is CCN(CCOc1ccccc1C(N)=S)Cc1ccco1. The van der Waals surface area contributed by atoms with Gasteiger partial charge in [-0.25, -0.2) is 0 Å². The molecule has 1 aromatic carbocycles. The summed E-state index contributed by atoms with van der Waals surface area (Å²) in [4.78, 5) is 2.61. The zero-order chi connectivity index (χ0) is 15.1. The van der Waals surface area contributed by atoms with Crippen LogP contribution in [0, 0.1) is 0 Å². The second-order valence-corrected chi connectivity index (χ2v) is 5.10. The molecule has 2 rings (SSSR count). The predicted molar refractivity (Wildman–Crippen MR) is 87.5 cm³/mol. The van der Waals surface area contributed by atoms with Gasteiger partial charge in [-0.15, -0.1) is 0 Å². The Morgan fingerprint density at radius 3 is 2.76 bits per heavy atom. The van der Waals surface area contributed by atoms with Gasteiger partial charge < -0.3 is 14.9 Å². The summed E-state index contributed by atoms with van der Waals surface area (Å²) in [5.74, 6) is 1.69. The van der Waals surface area contributed by atoms with Crippen molar-refractivity contribution in [2.75, 3.05) is 19.7 Å². The third kappa shape index (κ3) is 4.58. The second kappa shape index (κ2) is 7.81. The van der Waals surface area contributed by atoms with Gasteiger partial charge in [0.15, 0.2) is 0 Å². The first-order valence-electron chi connectivity index (χ1n) is 6.97. The van der Waals surface area contributed by atoms with Crippen LogP contribution in [0.4, 0.5) is 0 Å². The highest BCUT2D eigenvalue weighted by atomic mass is 32.1. The summed E-state index contributed by atoms with van der Waals surface area (Å²) in [5, 5.41) is 0. The van der Waals surface area contributed by atoms with E-state index in [1.807, 2.05) is 36.4 Å². The molecule has 112 valence electrons. The monoisotopic (exact) mass is 304 g/mol. The highest BCUT2D eigenvalue weighted by Gasteiger charge is 2.08. The number of benzene rings is 1.